The third kappa shape index (κ3) is 4.05. The highest BCUT2D eigenvalue weighted by molar-refractivity contribution is 6.41. The summed E-state index contributed by atoms with van der Waals surface area (Å²) in [6, 6.07) is 2.86. The molecule has 1 aromatic carbocycles. The monoisotopic (exact) mass is 345 g/mol. The number of Topliss-reactive ketones (excluding diaryl/α,β-unsaturated/α-hetero) is 1. The highest BCUT2D eigenvalue weighted by atomic mass is 35.5. The van der Waals surface area contributed by atoms with Crippen LogP contribution in [0.4, 0.5) is 5.69 Å². The topological polar surface area (TPSA) is 82.0 Å². The summed E-state index contributed by atoms with van der Waals surface area (Å²) in [4.78, 5) is 38.5. The normalized spacial score (nSPS) is 12.0. The van der Waals surface area contributed by atoms with Crippen LogP contribution in [0.15, 0.2) is 17.1 Å². The van der Waals surface area contributed by atoms with Crippen molar-refractivity contribution < 1.29 is 23.9 Å². The number of halogens is 2. The summed E-state index contributed by atoms with van der Waals surface area (Å²) in [6.07, 6.45) is 1.10. The number of esters is 2. The summed E-state index contributed by atoms with van der Waals surface area (Å²) in [5.74, 6) is -3.05. The molecule has 1 atom stereocenters. The van der Waals surface area contributed by atoms with E-state index in [4.69, 9.17) is 23.2 Å². The third-order valence-corrected chi connectivity index (χ3v) is 3.41. The summed E-state index contributed by atoms with van der Waals surface area (Å²) < 4.78 is 9.10. The van der Waals surface area contributed by atoms with Crippen molar-refractivity contribution in [1.29, 1.82) is 0 Å². The van der Waals surface area contributed by atoms with Crippen molar-refractivity contribution in [2.24, 2.45) is 10.9 Å². The summed E-state index contributed by atoms with van der Waals surface area (Å²) in [7, 11) is 2.35. The highest BCUT2D eigenvalue weighted by Gasteiger charge is 2.23. The Morgan fingerprint density at radius 2 is 1.82 bits per heavy atom. The van der Waals surface area contributed by atoms with Crippen LogP contribution in [0.1, 0.15) is 17.3 Å². The van der Waals surface area contributed by atoms with Crippen molar-refractivity contribution in [3.63, 3.8) is 0 Å². The minimum atomic E-state index is -1.15. The molecular weight excluding hydrogens is 333 g/mol. The molecule has 22 heavy (non-hydrogen) atoms. The molecule has 0 bridgehead atoms. The van der Waals surface area contributed by atoms with Gasteiger partial charge in [0.25, 0.3) is 0 Å². The second kappa shape index (κ2) is 7.91. The first-order chi connectivity index (χ1) is 10.3. The van der Waals surface area contributed by atoms with Gasteiger partial charge in [-0.3, -0.25) is 14.6 Å². The molecule has 0 aromatic heterocycles. The summed E-state index contributed by atoms with van der Waals surface area (Å²) >= 11 is 12.0. The summed E-state index contributed by atoms with van der Waals surface area (Å²) in [5.41, 5.74) is 0.125. The van der Waals surface area contributed by atoms with Gasteiger partial charge in [-0.1, -0.05) is 23.2 Å². The SMILES string of the molecule is COC(=O)c1c(Cl)ccc(N=CC(C(C)=O)C(=O)OC)c1Cl. The molecule has 1 unspecified atom stereocenters. The second-order valence-corrected chi connectivity index (χ2v) is 4.92. The van der Waals surface area contributed by atoms with Crippen LogP contribution in [0, 0.1) is 5.92 Å². The number of nitrogens with zero attached hydrogens (tertiary/aromatic N) is 1. The Kier molecular flexibility index (Phi) is 6.52. The Morgan fingerprint density at radius 1 is 1.18 bits per heavy atom. The van der Waals surface area contributed by atoms with Gasteiger partial charge in [0, 0.05) is 6.21 Å². The van der Waals surface area contributed by atoms with Crippen LogP contribution >= 0.6 is 23.2 Å². The van der Waals surface area contributed by atoms with Gasteiger partial charge < -0.3 is 9.47 Å². The maximum Gasteiger partial charge on any atom is 0.340 e. The van der Waals surface area contributed by atoms with E-state index in [2.05, 4.69) is 14.5 Å². The van der Waals surface area contributed by atoms with E-state index in [0.29, 0.717) is 0 Å². The number of benzene rings is 1. The van der Waals surface area contributed by atoms with Gasteiger partial charge in [0.05, 0.1) is 35.5 Å². The van der Waals surface area contributed by atoms with Gasteiger partial charge in [-0.05, 0) is 19.1 Å². The van der Waals surface area contributed by atoms with E-state index >= 15 is 0 Å². The zero-order chi connectivity index (χ0) is 16.9. The van der Waals surface area contributed by atoms with Crippen LogP contribution < -0.4 is 0 Å². The number of hydrogen-bond acceptors (Lipinski definition) is 6. The van der Waals surface area contributed by atoms with E-state index in [1.54, 1.807) is 0 Å². The molecular formula is C14H13Cl2NO5. The van der Waals surface area contributed by atoms with Gasteiger partial charge in [-0.2, -0.15) is 0 Å². The number of rotatable bonds is 5. The maximum absolute atomic E-state index is 11.6. The first kappa shape index (κ1) is 18.1. The number of aliphatic imine (C=N–C) groups is 1. The van der Waals surface area contributed by atoms with Crippen molar-refractivity contribution in [1.82, 2.24) is 0 Å². The van der Waals surface area contributed by atoms with Gasteiger partial charge in [0.2, 0.25) is 0 Å². The molecule has 118 valence electrons. The van der Waals surface area contributed by atoms with E-state index in [9.17, 15) is 14.4 Å². The predicted molar refractivity (Wildman–Crippen MR) is 82.1 cm³/mol. The van der Waals surface area contributed by atoms with Crippen molar-refractivity contribution in [2.75, 3.05) is 14.2 Å². The Morgan fingerprint density at radius 3 is 2.32 bits per heavy atom. The van der Waals surface area contributed by atoms with Crippen LogP contribution in [0.25, 0.3) is 0 Å². The Balaban J connectivity index is 3.23. The maximum atomic E-state index is 11.6. The van der Waals surface area contributed by atoms with Crippen LogP contribution in [0.2, 0.25) is 10.0 Å². The van der Waals surface area contributed by atoms with Crippen LogP contribution in [-0.2, 0) is 19.1 Å². The van der Waals surface area contributed by atoms with Crippen molar-refractivity contribution in [2.45, 2.75) is 6.92 Å². The zero-order valence-corrected chi connectivity index (χ0v) is 13.6. The molecule has 0 spiro atoms. The number of ether oxygens (including phenoxy) is 2. The average Bonchev–Trinajstić information content (AvgIpc) is 2.48. The number of carbonyl (C=O) groups excluding carboxylic acids is 3. The third-order valence-electron chi connectivity index (χ3n) is 2.72. The molecule has 1 rings (SSSR count). The standard InChI is InChI=1S/C14H13Cl2NO5/c1-7(18)8(13(19)21-2)6-17-10-5-4-9(15)11(12(10)16)14(20)22-3/h4-6,8H,1-3H3. The number of carbonyl (C=O) groups is 3. The summed E-state index contributed by atoms with van der Waals surface area (Å²) in [5, 5.41) is 0.0645. The van der Waals surface area contributed by atoms with Gasteiger partial charge in [0.15, 0.2) is 5.92 Å². The molecule has 0 aliphatic heterocycles. The van der Waals surface area contributed by atoms with Gasteiger partial charge >= 0.3 is 11.9 Å². The average molecular weight is 346 g/mol. The number of methoxy groups -OCH3 is 2. The Hall–Kier alpha value is -1.92. The lowest BCUT2D eigenvalue weighted by molar-refractivity contribution is -0.145. The van der Waals surface area contributed by atoms with Crippen LogP contribution in [-0.4, -0.2) is 38.2 Å². The Bertz CT molecular complexity index is 642. The second-order valence-electron chi connectivity index (χ2n) is 4.14. The van der Waals surface area contributed by atoms with Crippen LogP contribution in [0.3, 0.4) is 0 Å². The fourth-order valence-corrected chi connectivity index (χ4v) is 2.12. The molecule has 0 saturated carbocycles. The summed E-state index contributed by atoms with van der Waals surface area (Å²) in [6.45, 7) is 1.23. The zero-order valence-electron chi connectivity index (χ0n) is 12.1. The molecule has 0 amide bonds. The fraction of sp³-hybridized carbons (Fsp3) is 0.286. The highest BCUT2D eigenvalue weighted by Crippen LogP contribution is 2.34. The first-order valence-corrected chi connectivity index (χ1v) is 6.77. The molecule has 8 heteroatoms. The largest absolute Gasteiger partial charge is 0.468 e. The van der Waals surface area contributed by atoms with Gasteiger partial charge in [-0.25, -0.2) is 4.79 Å². The quantitative estimate of drug-likeness (QED) is 0.465. The molecule has 0 aliphatic carbocycles. The van der Waals surface area contributed by atoms with Crippen molar-refractivity contribution >= 4 is 52.8 Å². The predicted octanol–water partition coefficient (Wildman–Crippen LogP) is 2.86. The molecule has 6 nitrogen and oxygen atoms in total. The molecule has 1 aromatic rings. The van der Waals surface area contributed by atoms with E-state index in [0.717, 1.165) is 13.3 Å². The van der Waals surface area contributed by atoms with E-state index in [-0.39, 0.29) is 21.3 Å². The smallest absolute Gasteiger partial charge is 0.340 e. The van der Waals surface area contributed by atoms with Gasteiger partial charge in [-0.15, -0.1) is 0 Å². The van der Waals surface area contributed by atoms with E-state index in [1.165, 1.54) is 26.2 Å². The lowest BCUT2D eigenvalue weighted by atomic mass is 10.1. The minimum Gasteiger partial charge on any atom is -0.468 e. The molecule has 0 heterocycles. The van der Waals surface area contributed by atoms with E-state index < -0.39 is 23.6 Å². The molecule has 0 N–H and O–H groups in total. The Labute approximate surface area is 137 Å². The van der Waals surface area contributed by atoms with E-state index in [1.807, 2.05) is 0 Å². The first-order valence-electron chi connectivity index (χ1n) is 6.02. The molecule has 0 aliphatic rings. The molecule has 0 fully saturated rings. The lowest BCUT2D eigenvalue weighted by Crippen LogP contribution is -2.24. The van der Waals surface area contributed by atoms with Crippen molar-refractivity contribution in [3.8, 4) is 0 Å². The fourth-order valence-electron chi connectivity index (χ4n) is 1.54. The van der Waals surface area contributed by atoms with Crippen molar-refractivity contribution in [3.05, 3.63) is 27.7 Å². The number of hydrogen-bond donors (Lipinski definition) is 0. The molecule has 0 radical (unpaired) electrons. The van der Waals surface area contributed by atoms with Crippen LogP contribution in [0.5, 0.6) is 0 Å². The van der Waals surface area contributed by atoms with Gasteiger partial charge in [0.1, 0.15) is 5.78 Å². The lowest BCUT2D eigenvalue weighted by Gasteiger charge is -2.08. The number of ketones is 1. The molecule has 0 saturated heterocycles. The minimum absolute atomic E-state index is 0.0391.